The third-order valence-electron chi connectivity index (χ3n) is 11.1. The molecule has 0 aromatic rings. The van der Waals surface area contributed by atoms with Gasteiger partial charge in [-0.3, -0.25) is 9.59 Å². The summed E-state index contributed by atoms with van der Waals surface area (Å²) in [6, 6.07) is -0.639. The summed E-state index contributed by atoms with van der Waals surface area (Å²) in [4.78, 5) is 24.4. The Morgan fingerprint density at radius 1 is 0.483 bits per heavy atom. The highest BCUT2D eigenvalue weighted by atomic mass is 16.5. The average Bonchev–Trinajstić information content (AvgIpc) is 3.22. The maximum Gasteiger partial charge on any atom is 0.305 e. The van der Waals surface area contributed by atoms with E-state index in [1.54, 1.807) is 6.08 Å². The van der Waals surface area contributed by atoms with Gasteiger partial charge in [0, 0.05) is 12.8 Å². The second-order valence-corrected chi connectivity index (χ2v) is 16.8. The van der Waals surface area contributed by atoms with Crippen molar-refractivity contribution < 1.29 is 24.5 Å². The number of ether oxygens (including phenoxy) is 1. The smallest absolute Gasteiger partial charge is 0.305 e. The molecule has 3 N–H and O–H groups in total. The molecular weight excluding hydrogens is 719 g/mol. The highest BCUT2D eigenvalue weighted by Gasteiger charge is 2.18. The molecule has 338 valence electrons. The Kier molecular flexibility index (Phi) is 45.7. The maximum absolute atomic E-state index is 12.4. The van der Waals surface area contributed by atoms with E-state index in [1.807, 2.05) is 6.08 Å². The molecule has 6 heteroatoms. The van der Waals surface area contributed by atoms with Crippen LogP contribution in [0.2, 0.25) is 0 Å². The molecule has 0 rings (SSSR count). The van der Waals surface area contributed by atoms with E-state index in [4.69, 9.17) is 4.74 Å². The minimum Gasteiger partial charge on any atom is -0.466 e. The van der Waals surface area contributed by atoms with Crippen LogP contribution < -0.4 is 5.32 Å². The number of amides is 1. The number of hydrogen-bond acceptors (Lipinski definition) is 5. The second kappa shape index (κ2) is 47.5. The molecule has 0 heterocycles. The van der Waals surface area contributed by atoms with Crippen molar-refractivity contribution in [2.45, 2.75) is 257 Å². The zero-order chi connectivity index (χ0) is 42.3. The fourth-order valence-corrected chi connectivity index (χ4v) is 7.18. The van der Waals surface area contributed by atoms with Gasteiger partial charge in [0.15, 0.2) is 0 Å². The highest BCUT2D eigenvalue weighted by molar-refractivity contribution is 5.76. The number of esters is 1. The molecule has 0 bridgehead atoms. The van der Waals surface area contributed by atoms with Crippen LogP contribution in [0.5, 0.6) is 0 Å². The van der Waals surface area contributed by atoms with E-state index in [0.717, 1.165) is 70.6 Å². The first-order valence-electron chi connectivity index (χ1n) is 24.9. The van der Waals surface area contributed by atoms with Crippen molar-refractivity contribution in [3.05, 3.63) is 48.6 Å². The van der Waals surface area contributed by atoms with Crippen LogP contribution in [0, 0.1) is 0 Å². The molecule has 0 aliphatic carbocycles. The first-order chi connectivity index (χ1) is 28.5. The molecule has 1 amide bonds. The minimum atomic E-state index is -0.854. The largest absolute Gasteiger partial charge is 0.466 e. The number of hydrogen-bond donors (Lipinski definition) is 3. The molecule has 0 aliphatic heterocycles. The van der Waals surface area contributed by atoms with Gasteiger partial charge in [0.2, 0.25) is 5.91 Å². The summed E-state index contributed by atoms with van der Waals surface area (Å²) < 4.78 is 5.45. The van der Waals surface area contributed by atoms with Crippen LogP contribution in [0.15, 0.2) is 48.6 Å². The highest BCUT2D eigenvalue weighted by Crippen LogP contribution is 2.14. The van der Waals surface area contributed by atoms with Crippen LogP contribution in [0.3, 0.4) is 0 Å². The zero-order valence-corrected chi connectivity index (χ0v) is 38.3. The molecule has 0 saturated heterocycles. The summed E-state index contributed by atoms with van der Waals surface area (Å²) in [6.45, 7) is 4.81. The molecule has 0 aromatic heterocycles. The molecule has 2 atom stereocenters. The Morgan fingerprint density at radius 2 is 0.862 bits per heavy atom. The number of rotatable bonds is 45. The fourth-order valence-electron chi connectivity index (χ4n) is 7.18. The van der Waals surface area contributed by atoms with Crippen molar-refractivity contribution in [2.75, 3.05) is 13.2 Å². The van der Waals surface area contributed by atoms with Gasteiger partial charge in [-0.05, 0) is 89.9 Å². The van der Waals surface area contributed by atoms with Gasteiger partial charge in [-0.1, -0.05) is 191 Å². The summed E-state index contributed by atoms with van der Waals surface area (Å²) in [5.41, 5.74) is 0. The summed E-state index contributed by atoms with van der Waals surface area (Å²) in [7, 11) is 0. The van der Waals surface area contributed by atoms with Crippen molar-refractivity contribution in [3.63, 3.8) is 0 Å². The average molecular weight is 814 g/mol. The topological polar surface area (TPSA) is 95.9 Å². The molecule has 58 heavy (non-hydrogen) atoms. The first-order valence-corrected chi connectivity index (χ1v) is 24.9. The van der Waals surface area contributed by atoms with E-state index in [2.05, 4.69) is 55.6 Å². The SMILES string of the molecule is CCCCC/C=C\C/C=C\CCCCCCCC(=O)OCCCCCCCCC/C=C\CCCCCCCC(=O)NC(CO)C(O)/C=C/CCCCCCCCCC. The lowest BCUT2D eigenvalue weighted by molar-refractivity contribution is -0.143. The van der Waals surface area contributed by atoms with Gasteiger partial charge in [-0.2, -0.15) is 0 Å². The van der Waals surface area contributed by atoms with Crippen molar-refractivity contribution in [1.29, 1.82) is 0 Å². The molecule has 0 aromatic carbocycles. The van der Waals surface area contributed by atoms with Gasteiger partial charge in [-0.15, -0.1) is 0 Å². The van der Waals surface area contributed by atoms with Gasteiger partial charge in [0.25, 0.3) is 0 Å². The van der Waals surface area contributed by atoms with Crippen molar-refractivity contribution in [2.24, 2.45) is 0 Å². The van der Waals surface area contributed by atoms with Crippen LogP contribution in [-0.4, -0.2) is 47.4 Å². The third-order valence-corrected chi connectivity index (χ3v) is 11.1. The molecule has 0 spiro atoms. The summed E-state index contributed by atoms with van der Waals surface area (Å²) in [5.74, 6) is -0.108. The predicted octanol–water partition coefficient (Wildman–Crippen LogP) is 14.7. The molecule has 0 aliphatic rings. The second-order valence-electron chi connectivity index (χ2n) is 16.8. The Hall–Kier alpha value is -2.18. The molecule has 6 nitrogen and oxygen atoms in total. The molecular formula is C52H95NO5. The van der Waals surface area contributed by atoms with Gasteiger partial charge in [0.1, 0.15) is 0 Å². The van der Waals surface area contributed by atoms with E-state index in [-0.39, 0.29) is 18.5 Å². The van der Waals surface area contributed by atoms with Gasteiger partial charge in [-0.25, -0.2) is 0 Å². The van der Waals surface area contributed by atoms with Crippen molar-refractivity contribution >= 4 is 11.9 Å². The van der Waals surface area contributed by atoms with Crippen LogP contribution >= 0.6 is 0 Å². The van der Waals surface area contributed by atoms with Gasteiger partial charge < -0.3 is 20.3 Å². The van der Waals surface area contributed by atoms with E-state index in [0.29, 0.717) is 19.4 Å². The normalized spacial score (nSPS) is 13.1. The molecule has 0 fully saturated rings. The number of aliphatic hydroxyl groups excluding tert-OH is 2. The lowest BCUT2D eigenvalue weighted by Crippen LogP contribution is -2.45. The predicted molar refractivity (Wildman–Crippen MR) is 250 cm³/mol. The van der Waals surface area contributed by atoms with Crippen LogP contribution in [0.25, 0.3) is 0 Å². The van der Waals surface area contributed by atoms with Crippen LogP contribution in [0.4, 0.5) is 0 Å². The summed E-state index contributed by atoms with van der Waals surface area (Å²) >= 11 is 0. The Labute approximate surface area is 359 Å². The fraction of sp³-hybridized carbons (Fsp3) is 0.808. The lowest BCUT2D eigenvalue weighted by atomic mass is 10.1. The van der Waals surface area contributed by atoms with Crippen LogP contribution in [0.1, 0.15) is 245 Å². The number of aliphatic hydroxyl groups is 2. The van der Waals surface area contributed by atoms with Crippen molar-refractivity contribution in [3.8, 4) is 0 Å². The first kappa shape index (κ1) is 55.8. The summed E-state index contributed by atoms with van der Waals surface area (Å²) in [5, 5.41) is 22.9. The lowest BCUT2D eigenvalue weighted by Gasteiger charge is -2.20. The Balaban J connectivity index is 3.50. The number of allylic oxidation sites excluding steroid dienone is 7. The third kappa shape index (κ3) is 43.4. The van der Waals surface area contributed by atoms with Crippen molar-refractivity contribution in [1.82, 2.24) is 5.32 Å². The van der Waals surface area contributed by atoms with Crippen LogP contribution in [-0.2, 0) is 14.3 Å². The van der Waals surface area contributed by atoms with E-state index in [9.17, 15) is 19.8 Å². The summed E-state index contributed by atoms with van der Waals surface area (Å²) in [6.07, 6.45) is 58.2. The van der Waals surface area contributed by atoms with E-state index < -0.39 is 12.1 Å². The maximum atomic E-state index is 12.4. The Morgan fingerprint density at radius 3 is 1.36 bits per heavy atom. The number of unbranched alkanes of at least 4 members (excludes halogenated alkanes) is 28. The molecule has 0 saturated carbocycles. The quantitative estimate of drug-likeness (QED) is 0.0323. The standard InChI is InChI=1S/C52H95NO5/c1-3-5-7-9-11-13-15-16-19-23-26-30-34-38-42-46-52(57)58-47-43-39-35-31-27-24-21-18-17-20-22-25-29-33-37-41-45-51(56)53-49(48-54)50(55)44-40-36-32-28-14-12-10-8-6-4-2/h11,13,16-17,19-20,40,44,49-50,54-55H,3-10,12,14-15,18,21-39,41-43,45-48H2,1-2H3,(H,53,56)/b13-11-,19-16-,20-17-,44-40+. The number of nitrogens with one attached hydrogen (secondary N) is 1. The number of carbonyl (C=O) groups excluding carboxylic acids is 2. The van der Waals surface area contributed by atoms with E-state index >= 15 is 0 Å². The van der Waals surface area contributed by atoms with E-state index in [1.165, 1.54) is 148 Å². The van der Waals surface area contributed by atoms with Gasteiger partial charge >= 0.3 is 5.97 Å². The van der Waals surface area contributed by atoms with Gasteiger partial charge in [0.05, 0.1) is 25.4 Å². The molecule has 2 unspecified atom stereocenters. The molecule has 0 radical (unpaired) electrons. The zero-order valence-electron chi connectivity index (χ0n) is 38.3. The Bertz CT molecular complexity index is 988. The number of carbonyl (C=O) groups is 2. The minimum absolute atomic E-state index is 0.0192. The monoisotopic (exact) mass is 814 g/mol.